The second-order valence-corrected chi connectivity index (χ2v) is 7.73. The van der Waals surface area contributed by atoms with E-state index >= 15 is 0 Å². The zero-order valence-corrected chi connectivity index (χ0v) is 17.5. The molecule has 0 aromatic heterocycles. The minimum absolute atomic E-state index is 0.516. The highest BCUT2D eigenvalue weighted by Gasteiger charge is 2.24. The Hall–Kier alpha value is -2.85. The molecule has 0 unspecified atom stereocenters. The number of anilines is 1. The largest absolute Gasteiger partial charge is 0.496 e. The number of hydrogen-bond donors (Lipinski definition) is 1. The number of nitrogens with one attached hydrogen (secondary N) is 1. The number of likely N-dealkylation sites (tertiary alicyclic amines) is 1. The van der Waals surface area contributed by atoms with Gasteiger partial charge in [-0.25, -0.2) is 0 Å². The standard InChI is InChI=1S/C25H26N2OS/c1-28-24-14-8-6-12-22(24)20-15-17-27(18-16-20)25(29)26-23-13-7-5-11-21(23)19-9-3-2-4-10-19/h2-14,20H,15-18H2,1H3,(H,26,29). The minimum Gasteiger partial charge on any atom is -0.496 e. The zero-order valence-electron chi connectivity index (χ0n) is 16.7. The van der Waals surface area contributed by atoms with Crippen molar-refractivity contribution in [2.45, 2.75) is 18.8 Å². The van der Waals surface area contributed by atoms with Crippen LogP contribution < -0.4 is 10.1 Å². The summed E-state index contributed by atoms with van der Waals surface area (Å²) >= 11 is 5.76. The fourth-order valence-electron chi connectivity index (χ4n) is 4.05. The fourth-order valence-corrected chi connectivity index (χ4v) is 4.35. The Morgan fingerprint density at radius 1 is 0.897 bits per heavy atom. The van der Waals surface area contributed by atoms with Gasteiger partial charge in [0.15, 0.2) is 5.11 Å². The van der Waals surface area contributed by atoms with E-state index in [0.29, 0.717) is 5.92 Å². The zero-order chi connectivity index (χ0) is 20.1. The Morgan fingerprint density at radius 2 is 1.55 bits per heavy atom. The molecule has 3 aromatic rings. The van der Waals surface area contributed by atoms with Crippen molar-refractivity contribution >= 4 is 23.0 Å². The second-order valence-electron chi connectivity index (χ2n) is 7.35. The Bertz CT molecular complexity index is 965. The van der Waals surface area contributed by atoms with E-state index in [4.69, 9.17) is 17.0 Å². The van der Waals surface area contributed by atoms with Gasteiger partial charge in [-0.2, -0.15) is 0 Å². The third-order valence-electron chi connectivity index (χ3n) is 5.61. The summed E-state index contributed by atoms with van der Waals surface area (Å²) in [6.07, 6.45) is 2.14. The minimum atomic E-state index is 0.516. The van der Waals surface area contributed by atoms with Crippen LogP contribution in [0.4, 0.5) is 5.69 Å². The maximum absolute atomic E-state index is 5.76. The Labute approximate surface area is 178 Å². The van der Waals surface area contributed by atoms with Crippen LogP contribution >= 0.6 is 12.2 Å². The summed E-state index contributed by atoms with van der Waals surface area (Å²) in [5.74, 6) is 1.50. The van der Waals surface area contributed by atoms with Crippen LogP contribution in [0.3, 0.4) is 0 Å². The number of hydrogen-bond acceptors (Lipinski definition) is 2. The van der Waals surface area contributed by atoms with E-state index in [1.54, 1.807) is 7.11 Å². The summed E-state index contributed by atoms with van der Waals surface area (Å²) in [7, 11) is 1.75. The van der Waals surface area contributed by atoms with Crippen LogP contribution in [0.25, 0.3) is 11.1 Å². The number of methoxy groups -OCH3 is 1. The normalized spacial score (nSPS) is 14.4. The maximum Gasteiger partial charge on any atom is 0.173 e. The SMILES string of the molecule is COc1ccccc1C1CCN(C(=S)Nc2ccccc2-c2ccccc2)CC1. The first-order chi connectivity index (χ1) is 14.3. The van der Waals surface area contributed by atoms with Gasteiger partial charge in [0.25, 0.3) is 0 Å². The van der Waals surface area contributed by atoms with E-state index in [9.17, 15) is 0 Å². The number of piperidine rings is 1. The summed E-state index contributed by atoms with van der Waals surface area (Å²) in [5.41, 5.74) is 4.71. The number of rotatable bonds is 4. The molecule has 0 saturated carbocycles. The molecule has 0 atom stereocenters. The van der Waals surface area contributed by atoms with Crippen molar-refractivity contribution in [2.75, 3.05) is 25.5 Å². The van der Waals surface area contributed by atoms with Gasteiger partial charge >= 0.3 is 0 Å². The number of ether oxygens (including phenoxy) is 1. The van der Waals surface area contributed by atoms with Gasteiger partial charge in [-0.1, -0.05) is 66.7 Å². The molecule has 1 fully saturated rings. The molecule has 4 heteroatoms. The lowest BCUT2D eigenvalue weighted by Gasteiger charge is -2.34. The predicted molar refractivity (Wildman–Crippen MR) is 125 cm³/mol. The van der Waals surface area contributed by atoms with Gasteiger partial charge in [0.1, 0.15) is 5.75 Å². The molecule has 1 N–H and O–H groups in total. The Kier molecular flexibility index (Phi) is 6.11. The monoisotopic (exact) mass is 402 g/mol. The van der Waals surface area contributed by atoms with Gasteiger partial charge in [0, 0.05) is 24.3 Å². The molecule has 0 spiro atoms. The Morgan fingerprint density at radius 3 is 2.31 bits per heavy atom. The molecule has 0 bridgehead atoms. The van der Waals surface area contributed by atoms with E-state index in [1.807, 2.05) is 18.2 Å². The lowest BCUT2D eigenvalue weighted by molar-refractivity contribution is 0.310. The van der Waals surface area contributed by atoms with Crippen molar-refractivity contribution in [3.05, 3.63) is 84.4 Å². The van der Waals surface area contributed by atoms with E-state index in [2.05, 4.69) is 70.9 Å². The fraction of sp³-hybridized carbons (Fsp3) is 0.240. The molecule has 1 saturated heterocycles. The predicted octanol–water partition coefficient (Wildman–Crippen LogP) is 5.94. The first-order valence-corrected chi connectivity index (χ1v) is 10.5. The van der Waals surface area contributed by atoms with Crippen LogP contribution in [0.15, 0.2) is 78.9 Å². The molecule has 0 amide bonds. The highest BCUT2D eigenvalue weighted by atomic mass is 32.1. The van der Waals surface area contributed by atoms with E-state index in [0.717, 1.165) is 42.5 Å². The number of benzene rings is 3. The highest BCUT2D eigenvalue weighted by molar-refractivity contribution is 7.80. The summed E-state index contributed by atoms with van der Waals surface area (Å²) in [5, 5.41) is 4.29. The van der Waals surface area contributed by atoms with Crippen LogP contribution in [-0.4, -0.2) is 30.2 Å². The van der Waals surface area contributed by atoms with Crippen molar-refractivity contribution < 1.29 is 4.74 Å². The molecule has 3 nitrogen and oxygen atoms in total. The average molecular weight is 403 g/mol. The molecular formula is C25H26N2OS. The third kappa shape index (κ3) is 4.43. The highest BCUT2D eigenvalue weighted by Crippen LogP contribution is 2.34. The van der Waals surface area contributed by atoms with Crippen LogP contribution in [0.5, 0.6) is 5.75 Å². The van der Waals surface area contributed by atoms with Gasteiger partial charge in [-0.3, -0.25) is 0 Å². The van der Waals surface area contributed by atoms with Crippen LogP contribution in [0.1, 0.15) is 24.3 Å². The van der Waals surface area contributed by atoms with E-state index in [1.165, 1.54) is 16.7 Å². The van der Waals surface area contributed by atoms with Gasteiger partial charge in [-0.05, 0) is 54.2 Å². The molecule has 0 aliphatic carbocycles. The van der Waals surface area contributed by atoms with Gasteiger partial charge in [0.05, 0.1) is 7.11 Å². The van der Waals surface area contributed by atoms with Gasteiger partial charge in [-0.15, -0.1) is 0 Å². The smallest absolute Gasteiger partial charge is 0.173 e. The number of para-hydroxylation sites is 2. The molecule has 1 aliphatic rings. The molecule has 1 heterocycles. The second kappa shape index (κ2) is 9.10. The van der Waals surface area contributed by atoms with Crippen molar-refractivity contribution in [3.8, 4) is 16.9 Å². The van der Waals surface area contributed by atoms with Crippen molar-refractivity contribution in [1.29, 1.82) is 0 Å². The first-order valence-electron chi connectivity index (χ1n) is 10.1. The third-order valence-corrected chi connectivity index (χ3v) is 5.97. The van der Waals surface area contributed by atoms with Crippen molar-refractivity contribution in [1.82, 2.24) is 4.90 Å². The van der Waals surface area contributed by atoms with Crippen molar-refractivity contribution in [2.24, 2.45) is 0 Å². The molecule has 29 heavy (non-hydrogen) atoms. The van der Waals surface area contributed by atoms with Gasteiger partial charge in [0.2, 0.25) is 0 Å². The van der Waals surface area contributed by atoms with Crippen LogP contribution in [0, 0.1) is 0 Å². The Balaban J connectivity index is 1.43. The van der Waals surface area contributed by atoms with E-state index < -0.39 is 0 Å². The van der Waals surface area contributed by atoms with Gasteiger partial charge < -0.3 is 15.0 Å². The van der Waals surface area contributed by atoms with Crippen LogP contribution in [0.2, 0.25) is 0 Å². The average Bonchev–Trinajstić information content (AvgIpc) is 2.80. The van der Waals surface area contributed by atoms with Crippen molar-refractivity contribution in [3.63, 3.8) is 0 Å². The summed E-state index contributed by atoms with van der Waals surface area (Å²) in [4.78, 5) is 2.28. The molecule has 1 aliphatic heterocycles. The summed E-state index contributed by atoms with van der Waals surface area (Å²) in [6.45, 7) is 1.89. The quantitative estimate of drug-likeness (QED) is 0.546. The lowest BCUT2D eigenvalue weighted by atomic mass is 9.89. The summed E-state index contributed by atoms with van der Waals surface area (Å²) in [6, 6.07) is 27.1. The molecular weight excluding hydrogens is 376 g/mol. The molecule has 0 radical (unpaired) electrons. The first kappa shape index (κ1) is 19.5. The van der Waals surface area contributed by atoms with E-state index in [-0.39, 0.29) is 0 Å². The number of thiocarbonyl (C=S) groups is 1. The topological polar surface area (TPSA) is 24.5 Å². The van der Waals surface area contributed by atoms with Crippen LogP contribution in [-0.2, 0) is 0 Å². The lowest BCUT2D eigenvalue weighted by Crippen LogP contribution is -2.40. The summed E-state index contributed by atoms with van der Waals surface area (Å²) < 4.78 is 5.56. The number of nitrogens with zero attached hydrogens (tertiary/aromatic N) is 1. The maximum atomic E-state index is 5.76. The molecule has 148 valence electrons. The molecule has 3 aromatic carbocycles. The molecule has 4 rings (SSSR count).